The van der Waals surface area contributed by atoms with Crippen LogP contribution in [0.2, 0.25) is 0 Å². The van der Waals surface area contributed by atoms with Crippen LogP contribution in [0, 0.1) is 5.92 Å². The summed E-state index contributed by atoms with van der Waals surface area (Å²) in [4.78, 5) is 18.0. The molecule has 3 aromatic rings. The van der Waals surface area contributed by atoms with Gasteiger partial charge in [0, 0.05) is 21.8 Å². The molecule has 136 valence electrons. The van der Waals surface area contributed by atoms with Gasteiger partial charge < -0.3 is 0 Å². The number of carbonyl (C=O) groups is 1. The lowest BCUT2D eigenvalue weighted by molar-refractivity contribution is 0.0942. The zero-order chi connectivity index (χ0) is 18.9. The molecule has 5 rings (SSSR count). The predicted octanol–water partition coefficient (Wildman–Crippen LogP) is 6.18. The number of Topliss-reactive ketones (excluding diaryl/α,β-unsaturated/α-hetero) is 1. The largest absolute Gasteiger partial charge is 0.293 e. The molecule has 1 aliphatic heterocycles. The maximum absolute atomic E-state index is 13.2. The minimum Gasteiger partial charge on any atom is -0.293 e. The minimum atomic E-state index is -0.231. The Hall–Kier alpha value is -2.49. The fourth-order valence-electron chi connectivity index (χ4n) is 3.71. The smallest absolute Gasteiger partial charge is 0.172 e. The van der Waals surface area contributed by atoms with Crippen molar-refractivity contribution in [2.75, 3.05) is 0 Å². The third-order valence-corrected chi connectivity index (χ3v) is 8.61. The van der Waals surface area contributed by atoms with Gasteiger partial charge in [-0.05, 0) is 36.4 Å². The summed E-state index contributed by atoms with van der Waals surface area (Å²) in [5.41, 5.74) is 0.869. The van der Waals surface area contributed by atoms with Crippen LogP contribution in [0.25, 0.3) is 0 Å². The van der Waals surface area contributed by atoms with Crippen molar-refractivity contribution in [2.24, 2.45) is 5.92 Å². The molecule has 0 fully saturated rings. The Balaban J connectivity index is 1.62. The lowest BCUT2D eigenvalue weighted by Crippen LogP contribution is -2.29. The highest BCUT2D eigenvalue weighted by Crippen LogP contribution is 2.43. The number of hydrogen-bond acceptors (Lipinski definition) is 2. The molecule has 0 saturated heterocycles. The van der Waals surface area contributed by atoms with Crippen LogP contribution in [0.5, 0.6) is 0 Å². The normalized spacial score (nSPS) is 20.1. The van der Waals surface area contributed by atoms with Crippen molar-refractivity contribution in [3.63, 3.8) is 0 Å². The zero-order valence-corrected chi connectivity index (χ0v) is 16.8. The van der Waals surface area contributed by atoms with Crippen LogP contribution < -0.4 is 0 Å². The Kier molecular flexibility index (Phi) is 4.71. The average molecular weight is 400 g/mol. The molecular weight excluding hydrogens is 380 g/mol. The first-order valence-corrected chi connectivity index (χ1v) is 11.5. The van der Waals surface area contributed by atoms with Gasteiger partial charge in [-0.3, -0.25) is 4.79 Å². The molecule has 28 heavy (non-hydrogen) atoms. The maximum Gasteiger partial charge on any atom is 0.172 e. The Morgan fingerprint density at radius 3 is 2.04 bits per heavy atom. The predicted molar refractivity (Wildman–Crippen MR) is 117 cm³/mol. The monoisotopic (exact) mass is 399 g/mol. The van der Waals surface area contributed by atoms with E-state index in [0.29, 0.717) is 0 Å². The van der Waals surface area contributed by atoms with Crippen LogP contribution in [-0.2, 0) is 10.9 Å². The molecule has 3 heteroatoms. The number of ketones is 1. The first kappa shape index (κ1) is 17.6. The van der Waals surface area contributed by atoms with Crippen molar-refractivity contribution in [3.8, 4) is 0 Å². The molecule has 2 atom stereocenters. The SMILES string of the molecule is O=C1c2cc([S+](c3ccccc3)c3ccccc3)ccc2SC2C=CC=CC12. The summed E-state index contributed by atoms with van der Waals surface area (Å²) >= 11 is 1.80. The van der Waals surface area contributed by atoms with Gasteiger partial charge in [0.1, 0.15) is 0 Å². The van der Waals surface area contributed by atoms with E-state index in [0.717, 1.165) is 10.5 Å². The Bertz CT molecular complexity index is 1030. The maximum atomic E-state index is 13.2. The van der Waals surface area contributed by atoms with Crippen molar-refractivity contribution < 1.29 is 4.79 Å². The first-order chi connectivity index (χ1) is 13.8. The van der Waals surface area contributed by atoms with Gasteiger partial charge in [0.2, 0.25) is 0 Å². The van der Waals surface area contributed by atoms with E-state index in [1.807, 2.05) is 30.4 Å². The third-order valence-electron chi connectivity index (χ3n) is 5.06. The molecule has 0 aromatic heterocycles. The van der Waals surface area contributed by atoms with E-state index in [4.69, 9.17) is 0 Å². The molecule has 2 unspecified atom stereocenters. The van der Waals surface area contributed by atoms with Crippen molar-refractivity contribution in [1.82, 2.24) is 0 Å². The van der Waals surface area contributed by atoms with Crippen LogP contribution in [0.3, 0.4) is 0 Å². The van der Waals surface area contributed by atoms with E-state index in [1.165, 1.54) is 14.7 Å². The lowest BCUT2D eigenvalue weighted by Gasteiger charge is -2.29. The molecule has 1 heterocycles. The van der Waals surface area contributed by atoms with Gasteiger partial charge in [0.25, 0.3) is 0 Å². The van der Waals surface area contributed by atoms with E-state index in [-0.39, 0.29) is 27.8 Å². The van der Waals surface area contributed by atoms with Gasteiger partial charge in [-0.25, -0.2) is 0 Å². The van der Waals surface area contributed by atoms with Gasteiger partial charge in [-0.15, -0.1) is 11.8 Å². The van der Waals surface area contributed by atoms with Gasteiger partial charge in [0.05, 0.1) is 16.8 Å². The van der Waals surface area contributed by atoms with E-state index in [2.05, 4.69) is 72.8 Å². The molecule has 0 amide bonds. The van der Waals surface area contributed by atoms with Gasteiger partial charge in [-0.2, -0.15) is 0 Å². The summed E-state index contributed by atoms with van der Waals surface area (Å²) in [6, 6.07) is 27.6. The van der Waals surface area contributed by atoms with Crippen LogP contribution >= 0.6 is 11.8 Å². The van der Waals surface area contributed by atoms with E-state index in [1.54, 1.807) is 11.8 Å². The molecule has 1 nitrogen and oxygen atoms in total. The third kappa shape index (κ3) is 3.15. The first-order valence-electron chi connectivity index (χ1n) is 9.35. The van der Waals surface area contributed by atoms with E-state index in [9.17, 15) is 4.79 Å². The second-order valence-electron chi connectivity index (χ2n) is 6.83. The highest BCUT2D eigenvalue weighted by molar-refractivity contribution is 8.00. The number of thioether (sulfide) groups is 1. The molecule has 0 spiro atoms. The van der Waals surface area contributed by atoms with Crippen molar-refractivity contribution in [3.05, 3.63) is 109 Å². The fourth-order valence-corrected chi connectivity index (χ4v) is 7.09. The molecule has 0 N–H and O–H groups in total. The van der Waals surface area contributed by atoms with Crippen molar-refractivity contribution in [1.29, 1.82) is 0 Å². The Morgan fingerprint density at radius 2 is 1.36 bits per heavy atom. The zero-order valence-electron chi connectivity index (χ0n) is 15.2. The number of benzene rings is 3. The van der Waals surface area contributed by atoms with Crippen LogP contribution in [0.15, 0.2) is 123 Å². The van der Waals surface area contributed by atoms with Crippen LogP contribution in [0.1, 0.15) is 10.4 Å². The number of carbonyl (C=O) groups excluding carboxylic acids is 1. The van der Waals surface area contributed by atoms with E-state index >= 15 is 0 Å². The highest BCUT2D eigenvalue weighted by Gasteiger charge is 2.36. The van der Waals surface area contributed by atoms with Crippen LogP contribution in [-0.4, -0.2) is 11.0 Å². The summed E-state index contributed by atoms with van der Waals surface area (Å²) in [6.45, 7) is 0. The average Bonchev–Trinajstić information content (AvgIpc) is 2.76. The summed E-state index contributed by atoms with van der Waals surface area (Å²) in [6.07, 6.45) is 8.22. The Labute approximate surface area is 172 Å². The van der Waals surface area contributed by atoms with Crippen molar-refractivity contribution >= 4 is 28.4 Å². The van der Waals surface area contributed by atoms with Gasteiger partial charge >= 0.3 is 0 Å². The van der Waals surface area contributed by atoms with Gasteiger partial charge in [-0.1, -0.05) is 60.7 Å². The second-order valence-corrected chi connectivity index (χ2v) is 10.1. The number of fused-ring (bicyclic) bond motifs is 2. The van der Waals surface area contributed by atoms with E-state index < -0.39 is 0 Å². The topological polar surface area (TPSA) is 17.1 Å². The molecule has 2 aliphatic rings. The summed E-state index contributed by atoms with van der Waals surface area (Å²) in [7, 11) is -0.231. The Morgan fingerprint density at radius 1 is 0.714 bits per heavy atom. The second kappa shape index (κ2) is 7.50. The van der Waals surface area contributed by atoms with Crippen LogP contribution in [0.4, 0.5) is 0 Å². The standard InChI is InChI=1S/C25H19OS2/c26-25-21-13-7-8-14-23(21)27-24-16-15-20(17-22(24)25)28(18-9-3-1-4-10-18)19-11-5-2-6-12-19/h1-17,21,23H/q+1. The number of hydrogen-bond donors (Lipinski definition) is 0. The summed E-state index contributed by atoms with van der Waals surface area (Å²) < 4.78 is 0. The molecule has 0 saturated carbocycles. The minimum absolute atomic E-state index is 0.0482. The molecule has 0 bridgehead atoms. The summed E-state index contributed by atoms with van der Waals surface area (Å²) in [5, 5.41) is 0.220. The molecule has 0 radical (unpaired) electrons. The highest BCUT2D eigenvalue weighted by atomic mass is 32.2. The quantitative estimate of drug-likeness (QED) is 0.489. The number of rotatable bonds is 3. The molecule has 3 aromatic carbocycles. The molecule has 1 aliphatic carbocycles. The number of allylic oxidation sites excluding steroid dienone is 3. The van der Waals surface area contributed by atoms with Crippen molar-refractivity contribution in [2.45, 2.75) is 24.8 Å². The lowest BCUT2D eigenvalue weighted by atomic mass is 9.90. The molecular formula is C25H19OS2+. The summed E-state index contributed by atoms with van der Waals surface area (Å²) in [5.74, 6) is 0.193. The van der Waals surface area contributed by atoms with Gasteiger partial charge in [0.15, 0.2) is 20.5 Å². The fraction of sp³-hybridized carbons (Fsp3) is 0.0800.